The number of carbonyl (C=O) groups is 1. The summed E-state index contributed by atoms with van der Waals surface area (Å²) in [6, 6.07) is 13.5. The number of aliphatic hydroxyl groups is 1. The van der Waals surface area contributed by atoms with Crippen molar-refractivity contribution >= 4 is 17.2 Å². The molecule has 0 spiro atoms. The molecule has 3 rings (SSSR count). The number of hydrogen-bond donors (Lipinski definition) is 1. The molecule has 2 aromatic carbocycles. The summed E-state index contributed by atoms with van der Waals surface area (Å²) in [5.41, 5.74) is 4.97. The summed E-state index contributed by atoms with van der Waals surface area (Å²) in [6.45, 7) is 5.87. The number of benzene rings is 2. The number of Topliss-reactive ketones (excluding diaryl/α,β-unsaturated/α-hetero) is 1. The van der Waals surface area contributed by atoms with E-state index in [2.05, 4.69) is 31.0 Å². The number of carbonyl (C=O) groups excluding carboxylic acids is 1. The van der Waals surface area contributed by atoms with Gasteiger partial charge in [0, 0.05) is 12.8 Å². The average molecular weight is 363 g/mol. The van der Waals surface area contributed by atoms with Crippen LogP contribution in [0.25, 0.3) is 0 Å². The molecule has 1 unspecified atom stereocenters. The number of ketones is 1. The van der Waals surface area contributed by atoms with Crippen LogP contribution in [0.4, 0.5) is 5.69 Å². The zero-order valence-corrected chi connectivity index (χ0v) is 16.2. The molecule has 1 aliphatic carbocycles. The Morgan fingerprint density at radius 2 is 1.74 bits per heavy atom. The second kappa shape index (κ2) is 7.78. The van der Waals surface area contributed by atoms with E-state index < -0.39 is 0 Å². The number of aryl methyl sites for hydroxylation is 2. The summed E-state index contributed by atoms with van der Waals surface area (Å²) in [6.07, 6.45) is 0.829. The topological polar surface area (TPSA) is 58.9 Å². The van der Waals surface area contributed by atoms with E-state index in [0.29, 0.717) is 35.6 Å². The van der Waals surface area contributed by atoms with E-state index in [-0.39, 0.29) is 17.5 Å². The first-order chi connectivity index (χ1) is 12.9. The fraction of sp³-hybridized carbons (Fsp3) is 0.304. The summed E-state index contributed by atoms with van der Waals surface area (Å²) >= 11 is 0. The smallest absolute Gasteiger partial charge is 0.168 e. The molecule has 0 aromatic heterocycles. The third-order valence-electron chi connectivity index (χ3n) is 5.12. The molecule has 1 N–H and O–H groups in total. The van der Waals surface area contributed by atoms with Crippen molar-refractivity contribution in [2.24, 2.45) is 4.99 Å². The van der Waals surface area contributed by atoms with Crippen LogP contribution in [0.2, 0.25) is 0 Å². The third-order valence-corrected chi connectivity index (χ3v) is 5.12. The Morgan fingerprint density at radius 1 is 1.07 bits per heavy atom. The van der Waals surface area contributed by atoms with Crippen LogP contribution < -0.4 is 4.74 Å². The van der Waals surface area contributed by atoms with Crippen LogP contribution >= 0.6 is 0 Å². The number of hydrogen-bond acceptors (Lipinski definition) is 4. The monoisotopic (exact) mass is 363 g/mol. The Morgan fingerprint density at radius 3 is 2.37 bits per heavy atom. The molecule has 27 heavy (non-hydrogen) atoms. The molecule has 0 radical (unpaired) electrons. The van der Waals surface area contributed by atoms with Crippen LogP contribution in [0.15, 0.2) is 58.8 Å². The Labute approximate surface area is 160 Å². The molecule has 0 fully saturated rings. The quantitative estimate of drug-likeness (QED) is 0.744. The van der Waals surface area contributed by atoms with Crippen molar-refractivity contribution in [2.75, 3.05) is 7.11 Å². The number of nitrogens with zero attached hydrogens (tertiary/aromatic N) is 1. The molecule has 0 aliphatic heterocycles. The van der Waals surface area contributed by atoms with E-state index in [4.69, 9.17) is 4.74 Å². The molecular weight excluding hydrogens is 338 g/mol. The molecular formula is C23H25NO3. The van der Waals surface area contributed by atoms with E-state index >= 15 is 0 Å². The minimum absolute atomic E-state index is 0.00140. The first kappa shape index (κ1) is 18.9. The Hall–Kier alpha value is -2.88. The lowest BCUT2D eigenvalue weighted by Gasteiger charge is -2.26. The van der Waals surface area contributed by atoms with Crippen molar-refractivity contribution in [3.8, 4) is 5.75 Å². The molecule has 2 aromatic rings. The Balaban J connectivity index is 1.95. The van der Waals surface area contributed by atoms with Gasteiger partial charge in [-0.1, -0.05) is 30.3 Å². The second-order valence-corrected chi connectivity index (χ2v) is 7.02. The summed E-state index contributed by atoms with van der Waals surface area (Å²) in [5, 5.41) is 10.7. The maximum Gasteiger partial charge on any atom is 0.168 e. The molecule has 4 heteroatoms. The highest BCUT2D eigenvalue weighted by atomic mass is 16.5. The van der Waals surface area contributed by atoms with Crippen LogP contribution in [0.5, 0.6) is 5.75 Å². The predicted molar refractivity (Wildman–Crippen MR) is 108 cm³/mol. The molecule has 0 bridgehead atoms. The minimum atomic E-state index is -0.0671. The van der Waals surface area contributed by atoms with Gasteiger partial charge in [0.15, 0.2) is 5.78 Å². The van der Waals surface area contributed by atoms with Crippen molar-refractivity contribution in [3.63, 3.8) is 0 Å². The van der Waals surface area contributed by atoms with Crippen LogP contribution in [0.3, 0.4) is 0 Å². The highest BCUT2D eigenvalue weighted by molar-refractivity contribution is 6.23. The van der Waals surface area contributed by atoms with Gasteiger partial charge in [0.25, 0.3) is 0 Å². The fourth-order valence-electron chi connectivity index (χ4n) is 3.94. The van der Waals surface area contributed by atoms with Crippen LogP contribution in [0, 0.1) is 13.8 Å². The molecule has 4 nitrogen and oxygen atoms in total. The van der Waals surface area contributed by atoms with E-state index in [1.807, 2.05) is 30.3 Å². The first-order valence-electron chi connectivity index (χ1n) is 9.12. The zero-order chi connectivity index (χ0) is 19.6. The lowest BCUT2D eigenvalue weighted by atomic mass is 9.78. The Bertz CT molecular complexity index is 920. The third kappa shape index (κ3) is 3.80. The number of aliphatic imine (C=N–C) groups is 1. The summed E-state index contributed by atoms with van der Waals surface area (Å²) in [7, 11) is 1.58. The van der Waals surface area contributed by atoms with Crippen LogP contribution in [0.1, 0.15) is 42.4 Å². The van der Waals surface area contributed by atoms with E-state index in [1.54, 1.807) is 14.0 Å². The average Bonchev–Trinajstić information content (AvgIpc) is 2.61. The highest BCUT2D eigenvalue weighted by Crippen LogP contribution is 2.37. The SMILES string of the molecule is COc1ccccc1N=C(C)C1=C(O)CC(c2c(C)cccc2C)CC1=O. The van der Waals surface area contributed by atoms with Crippen molar-refractivity contribution < 1.29 is 14.6 Å². The van der Waals surface area contributed by atoms with Gasteiger partial charge in [0.2, 0.25) is 0 Å². The predicted octanol–water partition coefficient (Wildman–Crippen LogP) is 5.36. The maximum atomic E-state index is 12.9. The van der Waals surface area contributed by atoms with Gasteiger partial charge in [-0.05, 0) is 55.5 Å². The maximum absolute atomic E-state index is 12.9. The van der Waals surface area contributed by atoms with Gasteiger partial charge in [-0.25, -0.2) is 4.99 Å². The largest absolute Gasteiger partial charge is 0.511 e. The first-order valence-corrected chi connectivity index (χ1v) is 9.12. The van der Waals surface area contributed by atoms with Gasteiger partial charge in [-0.2, -0.15) is 0 Å². The van der Waals surface area contributed by atoms with Gasteiger partial charge in [0.05, 0.1) is 18.4 Å². The number of aliphatic hydroxyl groups excluding tert-OH is 1. The number of ether oxygens (including phenoxy) is 1. The van der Waals surface area contributed by atoms with Crippen molar-refractivity contribution in [2.45, 2.75) is 39.5 Å². The molecule has 140 valence electrons. The Kier molecular flexibility index (Phi) is 5.45. The van der Waals surface area contributed by atoms with Crippen molar-refractivity contribution in [1.29, 1.82) is 0 Å². The van der Waals surface area contributed by atoms with Crippen molar-refractivity contribution in [3.05, 3.63) is 70.5 Å². The van der Waals surface area contributed by atoms with Crippen LogP contribution in [-0.2, 0) is 4.79 Å². The normalized spacial score (nSPS) is 18.0. The van der Waals surface area contributed by atoms with E-state index in [1.165, 1.54) is 0 Å². The molecule has 0 heterocycles. The lowest BCUT2D eigenvalue weighted by Crippen LogP contribution is -2.23. The highest BCUT2D eigenvalue weighted by Gasteiger charge is 2.31. The summed E-state index contributed by atoms with van der Waals surface area (Å²) in [5.74, 6) is 0.688. The van der Waals surface area contributed by atoms with Gasteiger partial charge >= 0.3 is 0 Å². The van der Waals surface area contributed by atoms with Gasteiger partial charge in [-0.15, -0.1) is 0 Å². The van der Waals surface area contributed by atoms with Gasteiger partial charge < -0.3 is 9.84 Å². The van der Waals surface area contributed by atoms with Gasteiger partial charge in [-0.3, -0.25) is 4.79 Å². The number of rotatable bonds is 4. The minimum Gasteiger partial charge on any atom is -0.511 e. The second-order valence-electron chi connectivity index (χ2n) is 7.02. The van der Waals surface area contributed by atoms with Crippen LogP contribution in [-0.4, -0.2) is 23.7 Å². The fourth-order valence-corrected chi connectivity index (χ4v) is 3.94. The summed E-state index contributed by atoms with van der Waals surface area (Å²) < 4.78 is 5.32. The van der Waals surface area contributed by atoms with Crippen molar-refractivity contribution in [1.82, 2.24) is 0 Å². The number of para-hydroxylation sites is 2. The number of methoxy groups -OCH3 is 1. The standard InChI is InChI=1S/C23H25NO3/c1-14-8-7-9-15(2)22(14)17-12-19(25)23(20(26)13-17)16(3)24-18-10-5-6-11-21(18)27-4/h5-11,17,25H,12-13H2,1-4H3. The van der Waals surface area contributed by atoms with E-state index in [9.17, 15) is 9.90 Å². The molecule has 1 aliphatic rings. The number of allylic oxidation sites excluding steroid dienone is 2. The van der Waals surface area contributed by atoms with E-state index in [0.717, 1.165) is 16.7 Å². The molecule has 1 atom stereocenters. The molecule has 0 saturated heterocycles. The molecule has 0 saturated carbocycles. The summed E-state index contributed by atoms with van der Waals surface area (Å²) in [4.78, 5) is 17.4. The zero-order valence-electron chi connectivity index (χ0n) is 16.2. The molecule has 0 amide bonds. The lowest BCUT2D eigenvalue weighted by molar-refractivity contribution is -0.116. The van der Waals surface area contributed by atoms with Gasteiger partial charge in [0.1, 0.15) is 17.2 Å².